The number of hydrogen-bond donors (Lipinski definition) is 1. The van der Waals surface area contributed by atoms with Gasteiger partial charge in [0.15, 0.2) is 0 Å². The van der Waals surface area contributed by atoms with Crippen LogP contribution in [0.4, 0.5) is 0 Å². The van der Waals surface area contributed by atoms with Crippen molar-refractivity contribution >= 4 is 5.91 Å². The maximum Gasteiger partial charge on any atom is 0.220 e. The fourth-order valence-electron chi connectivity index (χ4n) is 2.49. The Morgan fingerprint density at radius 3 is 1.96 bits per heavy atom. The molecule has 2 rings (SSSR count). The molecule has 0 unspecified atom stereocenters. The molecule has 0 atom stereocenters. The summed E-state index contributed by atoms with van der Waals surface area (Å²) in [5.74, 6) is 1.73. The van der Waals surface area contributed by atoms with Gasteiger partial charge in [0, 0.05) is 13.0 Å². The number of para-hydroxylation sites is 2. The molecule has 0 saturated carbocycles. The van der Waals surface area contributed by atoms with Crippen molar-refractivity contribution in [3.05, 3.63) is 59.7 Å². The minimum Gasteiger partial charge on any atom is -0.496 e. The van der Waals surface area contributed by atoms with Crippen LogP contribution < -0.4 is 14.8 Å². The van der Waals surface area contributed by atoms with Crippen molar-refractivity contribution in [3.8, 4) is 11.5 Å². The third kappa shape index (κ3) is 5.02. The number of carbonyl (C=O) groups excluding carboxylic acids is 1. The normalized spacial score (nSPS) is 10.2. The van der Waals surface area contributed by atoms with Crippen molar-refractivity contribution in [2.24, 2.45) is 0 Å². The highest BCUT2D eigenvalue weighted by Crippen LogP contribution is 2.19. The van der Waals surface area contributed by atoms with E-state index in [1.807, 2.05) is 48.5 Å². The van der Waals surface area contributed by atoms with Gasteiger partial charge in [-0.15, -0.1) is 0 Å². The molecule has 2 aromatic rings. The second-order valence-corrected chi connectivity index (χ2v) is 5.22. The van der Waals surface area contributed by atoms with Crippen LogP contribution in [0.2, 0.25) is 0 Å². The number of benzene rings is 2. The van der Waals surface area contributed by atoms with Crippen molar-refractivity contribution in [2.45, 2.75) is 19.3 Å². The third-order valence-corrected chi connectivity index (χ3v) is 3.72. The van der Waals surface area contributed by atoms with Gasteiger partial charge in [0.05, 0.1) is 14.2 Å². The molecule has 0 heterocycles. The summed E-state index contributed by atoms with van der Waals surface area (Å²) in [6.45, 7) is 0.602. The molecule has 0 saturated heterocycles. The Hall–Kier alpha value is -2.49. The number of aryl methyl sites for hydroxylation is 1. The summed E-state index contributed by atoms with van der Waals surface area (Å²) in [5, 5.41) is 2.95. The average molecular weight is 313 g/mol. The van der Waals surface area contributed by atoms with Gasteiger partial charge in [-0.05, 0) is 36.1 Å². The van der Waals surface area contributed by atoms with Gasteiger partial charge in [-0.3, -0.25) is 4.79 Å². The van der Waals surface area contributed by atoms with Crippen LogP contribution in [0, 0.1) is 0 Å². The summed E-state index contributed by atoms with van der Waals surface area (Å²) >= 11 is 0. The van der Waals surface area contributed by atoms with Crippen LogP contribution in [0.3, 0.4) is 0 Å². The third-order valence-electron chi connectivity index (χ3n) is 3.72. The van der Waals surface area contributed by atoms with Crippen molar-refractivity contribution in [2.75, 3.05) is 20.8 Å². The number of rotatable bonds is 8. The van der Waals surface area contributed by atoms with Crippen LogP contribution in [0.5, 0.6) is 11.5 Å². The van der Waals surface area contributed by atoms with E-state index in [1.165, 1.54) is 0 Å². The number of amides is 1. The van der Waals surface area contributed by atoms with E-state index in [2.05, 4.69) is 5.32 Å². The highest BCUT2D eigenvalue weighted by molar-refractivity contribution is 5.76. The van der Waals surface area contributed by atoms with Crippen LogP contribution >= 0.6 is 0 Å². The molecule has 1 N–H and O–H groups in total. The lowest BCUT2D eigenvalue weighted by atomic mass is 10.1. The molecular weight excluding hydrogens is 290 g/mol. The van der Waals surface area contributed by atoms with Gasteiger partial charge in [-0.25, -0.2) is 0 Å². The number of methoxy groups -OCH3 is 2. The van der Waals surface area contributed by atoms with Crippen LogP contribution in [-0.4, -0.2) is 26.7 Å². The molecule has 122 valence electrons. The smallest absolute Gasteiger partial charge is 0.220 e. The molecule has 4 nitrogen and oxygen atoms in total. The van der Waals surface area contributed by atoms with Gasteiger partial charge in [-0.1, -0.05) is 36.4 Å². The Balaban J connectivity index is 1.77. The van der Waals surface area contributed by atoms with Crippen LogP contribution in [0.1, 0.15) is 17.5 Å². The van der Waals surface area contributed by atoms with Gasteiger partial charge in [0.2, 0.25) is 5.91 Å². The molecular formula is C19H23NO3. The minimum atomic E-state index is 0.0470. The molecule has 0 aliphatic heterocycles. The lowest BCUT2D eigenvalue weighted by Gasteiger charge is -2.10. The maximum absolute atomic E-state index is 12.0. The van der Waals surface area contributed by atoms with E-state index in [0.717, 1.165) is 29.0 Å². The van der Waals surface area contributed by atoms with Crippen molar-refractivity contribution in [3.63, 3.8) is 0 Å². The zero-order chi connectivity index (χ0) is 16.5. The summed E-state index contributed by atoms with van der Waals surface area (Å²) in [6.07, 6.45) is 1.88. The molecule has 23 heavy (non-hydrogen) atoms. The van der Waals surface area contributed by atoms with Crippen LogP contribution in [0.15, 0.2) is 48.5 Å². The summed E-state index contributed by atoms with van der Waals surface area (Å²) < 4.78 is 10.6. The van der Waals surface area contributed by atoms with Crippen LogP contribution in [0.25, 0.3) is 0 Å². The minimum absolute atomic E-state index is 0.0470. The Morgan fingerprint density at radius 1 is 0.870 bits per heavy atom. The fourth-order valence-corrected chi connectivity index (χ4v) is 2.49. The number of ether oxygens (including phenoxy) is 2. The Labute approximate surface area is 137 Å². The molecule has 0 fully saturated rings. The molecule has 4 heteroatoms. The van der Waals surface area contributed by atoms with Gasteiger partial charge in [0.1, 0.15) is 11.5 Å². The highest BCUT2D eigenvalue weighted by Gasteiger charge is 2.07. The first kappa shape index (κ1) is 16.9. The van der Waals surface area contributed by atoms with E-state index in [1.54, 1.807) is 14.2 Å². The maximum atomic E-state index is 12.0. The average Bonchev–Trinajstić information content (AvgIpc) is 2.60. The second-order valence-electron chi connectivity index (χ2n) is 5.22. The summed E-state index contributed by atoms with van der Waals surface area (Å²) in [5.41, 5.74) is 2.15. The summed E-state index contributed by atoms with van der Waals surface area (Å²) in [6, 6.07) is 15.6. The second kappa shape index (κ2) is 8.83. The molecule has 0 aliphatic rings. The summed E-state index contributed by atoms with van der Waals surface area (Å²) in [7, 11) is 3.30. The molecule has 0 radical (unpaired) electrons. The van der Waals surface area contributed by atoms with Gasteiger partial charge >= 0.3 is 0 Å². The zero-order valence-electron chi connectivity index (χ0n) is 13.7. The van der Waals surface area contributed by atoms with Crippen molar-refractivity contribution in [1.29, 1.82) is 0 Å². The first-order valence-corrected chi connectivity index (χ1v) is 7.75. The first-order chi connectivity index (χ1) is 11.2. The van der Waals surface area contributed by atoms with E-state index >= 15 is 0 Å². The Kier molecular flexibility index (Phi) is 6.48. The van der Waals surface area contributed by atoms with Gasteiger partial charge < -0.3 is 14.8 Å². The van der Waals surface area contributed by atoms with Crippen molar-refractivity contribution in [1.82, 2.24) is 5.32 Å². The fraction of sp³-hybridized carbons (Fsp3) is 0.316. The van der Waals surface area contributed by atoms with E-state index in [4.69, 9.17) is 9.47 Å². The molecule has 0 bridgehead atoms. The predicted octanol–water partition coefficient (Wildman–Crippen LogP) is 3.00. The molecule has 1 amide bonds. The topological polar surface area (TPSA) is 47.6 Å². The summed E-state index contributed by atoms with van der Waals surface area (Å²) in [4.78, 5) is 12.0. The Bertz CT molecular complexity index is 640. The monoisotopic (exact) mass is 313 g/mol. The van der Waals surface area contributed by atoms with Gasteiger partial charge in [-0.2, -0.15) is 0 Å². The van der Waals surface area contributed by atoms with Crippen LogP contribution in [-0.2, 0) is 17.6 Å². The SMILES string of the molecule is COc1ccccc1CCNC(=O)CCc1ccccc1OC. The lowest BCUT2D eigenvalue weighted by Crippen LogP contribution is -2.26. The highest BCUT2D eigenvalue weighted by atomic mass is 16.5. The number of hydrogen-bond acceptors (Lipinski definition) is 3. The van der Waals surface area contributed by atoms with E-state index in [-0.39, 0.29) is 5.91 Å². The van der Waals surface area contributed by atoms with E-state index < -0.39 is 0 Å². The molecule has 0 aliphatic carbocycles. The number of carbonyl (C=O) groups is 1. The quantitative estimate of drug-likeness (QED) is 0.815. The molecule has 0 spiro atoms. The zero-order valence-corrected chi connectivity index (χ0v) is 13.7. The predicted molar refractivity (Wildman–Crippen MR) is 91.0 cm³/mol. The Morgan fingerprint density at radius 2 is 1.39 bits per heavy atom. The standard InChI is InChI=1S/C19H23NO3/c1-22-17-9-5-3-7-15(17)11-12-19(21)20-14-13-16-8-4-6-10-18(16)23-2/h3-10H,11-14H2,1-2H3,(H,20,21). The largest absolute Gasteiger partial charge is 0.496 e. The molecule has 2 aromatic carbocycles. The first-order valence-electron chi connectivity index (χ1n) is 7.75. The van der Waals surface area contributed by atoms with E-state index in [0.29, 0.717) is 19.4 Å². The number of nitrogens with one attached hydrogen (secondary N) is 1. The van der Waals surface area contributed by atoms with E-state index in [9.17, 15) is 4.79 Å². The van der Waals surface area contributed by atoms with Gasteiger partial charge in [0.25, 0.3) is 0 Å². The lowest BCUT2D eigenvalue weighted by molar-refractivity contribution is -0.121. The molecule has 0 aromatic heterocycles. The van der Waals surface area contributed by atoms with Crippen molar-refractivity contribution < 1.29 is 14.3 Å².